The fourth-order valence-electron chi connectivity index (χ4n) is 2.60. The first-order chi connectivity index (χ1) is 11.2. The van der Waals surface area contributed by atoms with Crippen molar-refractivity contribution in [1.29, 1.82) is 0 Å². The second-order valence-electron chi connectivity index (χ2n) is 5.43. The molecule has 1 fully saturated rings. The van der Waals surface area contributed by atoms with Crippen molar-refractivity contribution in [1.82, 2.24) is 14.9 Å². The summed E-state index contributed by atoms with van der Waals surface area (Å²) in [5.74, 6) is 0.999. The first kappa shape index (κ1) is 15.7. The molecule has 1 amide bonds. The largest absolute Gasteiger partial charge is 0.480 e. The first-order valence-corrected chi connectivity index (χ1v) is 8.50. The molecule has 1 atom stereocenters. The normalized spacial score (nSPS) is 17.8. The molecule has 2 aromatic heterocycles. The number of rotatable bonds is 5. The van der Waals surface area contributed by atoms with Gasteiger partial charge in [-0.3, -0.25) is 9.78 Å². The average molecular weight is 333 g/mol. The highest BCUT2D eigenvalue weighted by Crippen LogP contribution is 2.19. The Morgan fingerprint density at radius 3 is 3.09 bits per heavy atom. The molecule has 1 saturated heterocycles. The summed E-state index contributed by atoms with van der Waals surface area (Å²) >= 11 is 1.61. The second-order valence-corrected chi connectivity index (χ2v) is 6.21. The third-order valence-corrected chi connectivity index (χ3v) is 4.49. The van der Waals surface area contributed by atoms with Gasteiger partial charge < -0.3 is 14.4 Å². The minimum atomic E-state index is -0.0587. The van der Waals surface area contributed by atoms with E-state index in [2.05, 4.69) is 9.97 Å². The van der Waals surface area contributed by atoms with Crippen LogP contribution in [-0.4, -0.2) is 47.1 Å². The lowest BCUT2D eigenvalue weighted by Gasteiger charge is -2.32. The molecule has 0 aliphatic carbocycles. The smallest absolute Gasteiger partial charge is 0.235 e. The van der Waals surface area contributed by atoms with Crippen LogP contribution in [0.25, 0.3) is 0 Å². The van der Waals surface area contributed by atoms with E-state index in [1.165, 1.54) is 6.20 Å². The van der Waals surface area contributed by atoms with E-state index in [0.29, 0.717) is 24.7 Å². The molecule has 0 N–H and O–H groups in total. The highest BCUT2D eigenvalue weighted by molar-refractivity contribution is 7.07. The van der Waals surface area contributed by atoms with E-state index in [-0.39, 0.29) is 12.0 Å². The summed E-state index contributed by atoms with van der Waals surface area (Å²) in [6, 6.07) is 1.99. The molecule has 122 valence electrons. The van der Waals surface area contributed by atoms with Gasteiger partial charge in [0, 0.05) is 6.54 Å². The molecule has 6 nitrogen and oxygen atoms in total. The molecule has 0 spiro atoms. The van der Waals surface area contributed by atoms with Crippen LogP contribution in [0.3, 0.4) is 0 Å². The van der Waals surface area contributed by atoms with Crippen molar-refractivity contribution in [3.05, 3.63) is 34.8 Å². The standard InChI is InChI=1S/C16H19N3O3S/c1-21-14-8-17-9-15(18-14)22-13-3-2-5-19(10-13)16(20)7-12-4-6-23-11-12/h4,6,8-9,11,13H,2-3,5,7,10H2,1H3/t13-/m1/s1. The minimum absolute atomic E-state index is 0.0587. The molecule has 0 radical (unpaired) electrons. The number of methoxy groups -OCH3 is 1. The van der Waals surface area contributed by atoms with E-state index < -0.39 is 0 Å². The van der Waals surface area contributed by atoms with Gasteiger partial charge in [0.05, 0.1) is 32.5 Å². The van der Waals surface area contributed by atoms with E-state index in [4.69, 9.17) is 9.47 Å². The number of likely N-dealkylation sites (tertiary alicyclic amines) is 1. The lowest BCUT2D eigenvalue weighted by Crippen LogP contribution is -2.45. The van der Waals surface area contributed by atoms with Gasteiger partial charge in [-0.2, -0.15) is 16.3 Å². The highest BCUT2D eigenvalue weighted by Gasteiger charge is 2.25. The van der Waals surface area contributed by atoms with Gasteiger partial charge in [-0.25, -0.2) is 0 Å². The first-order valence-electron chi connectivity index (χ1n) is 7.56. The number of hydrogen-bond donors (Lipinski definition) is 0. The molecule has 1 aliphatic rings. The van der Waals surface area contributed by atoms with Crippen molar-refractivity contribution in [2.45, 2.75) is 25.4 Å². The van der Waals surface area contributed by atoms with E-state index in [9.17, 15) is 4.79 Å². The zero-order chi connectivity index (χ0) is 16.1. The van der Waals surface area contributed by atoms with Crippen LogP contribution < -0.4 is 9.47 Å². The maximum absolute atomic E-state index is 12.4. The van der Waals surface area contributed by atoms with Crippen molar-refractivity contribution in [3.8, 4) is 11.8 Å². The minimum Gasteiger partial charge on any atom is -0.480 e. The molecule has 0 saturated carbocycles. The molecule has 2 aromatic rings. The number of thiophene rings is 1. The number of piperidine rings is 1. The zero-order valence-electron chi connectivity index (χ0n) is 13.0. The Hall–Kier alpha value is -2.15. The molecule has 7 heteroatoms. The molecular formula is C16H19N3O3S. The summed E-state index contributed by atoms with van der Waals surface area (Å²) in [7, 11) is 1.54. The Labute approximate surface area is 139 Å². The highest BCUT2D eigenvalue weighted by atomic mass is 32.1. The average Bonchev–Trinajstić information content (AvgIpc) is 3.08. The lowest BCUT2D eigenvalue weighted by atomic mass is 10.1. The fourth-order valence-corrected chi connectivity index (χ4v) is 3.27. The Morgan fingerprint density at radius 2 is 2.30 bits per heavy atom. The number of amides is 1. The lowest BCUT2D eigenvalue weighted by molar-refractivity contribution is -0.133. The van der Waals surface area contributed by atoms with Gasteiger partial charge in [0.25, 0.3) is 0 Å². The van der Waals surface area contributed by atoms with E-state index in [1.54, 1.807) is 24.6 Å². The van der Waals surface area contributed by atoms with Crippen molar-refractivity contribution >= 4 is 17.2 Å². The third-order valence-electron chi connectivity index (χ3n) is 3.75. The van der Waals surface area contributed by atoms with Crippen molar-refractivity contribution in [2.75, 3.05) is 20.2 Å². The molecule has 1 aliphatic heterocycles. The monoisotopic (exact) mass is 333 g/mol. The number of nitrogens with zero attached hydrogens (tertiary/aromatic N) is 3. The van der Waals surface area contributed by atoms with Gasteiger partial charge >= 0.3 is 0 Å². The van der Waals surface area contributed by atoms with Crippen molar-refractivity contribution in [2.24, 2.45) is 0 Å². The Bertz CT molecular complexity index is 648. The predicted octanol–water partition coefficient (Wildman–Crippen LogP) is 2.16. The van der Waals surface area contributed by atoms with E-state index in [0.717, 1.165) is 24.9 Å². The molecule has 0 unspecified atom stereocenters. The Morgan fingerprint density at radius 1 is 1.43 bits per heavy atom. The summed E-state index contributed by atoms with van der Waals surface area (Å²) in [6.07, 6.45) is 5.32. The molecule has 0 bridgehead atoms. The summed E-state index contributed by atoms with van der Waals surface area (Å²) in [5, 5.41) is 4.01. The maximum Gasteiger partial charge on any atom is 0.235 e. The molecule has 0 aromatic carbocycles. The van der Waals surface area contributed by atoms with Gasteiger partial charge in [-0.15, -0.1) is 0 Å². The number of aromatic nitrogens is 2. The van der Waals surface area contributed by atoms with Crippen LogP contribution in [0.15, 0.2) is 29.2 Å². The van der Waals surface area contributed by atoms with E-state index in [1.807, 2.05) is 21.7 Å². The maximum atomic E-state index is 12.4. The number of hydrogen-bond acceptors (Lipinski definition) is 6. The fraction of sp³-hybridized carbons (Fsp3) is 0.438. The third kappa shape index (κ3) is 4.19. The summed E-state index contributed by atoms with van der Waals surface area (Å²) in [4.78, 5) is 22.5. The predicted molar refractivity (Wildman–Crippen MR) is 86.8 cm³/mol. The van der Waals surface area contributed by atoms with Crippen LogP contribution >= 0.6 is 11.3 Å². The van der Waals surface area contributed by atoms with Crippen LogP contribution in [0.5, 0.6) is 11.8 Å². The quantitative estimate of drug-likeness (QED) is 0.839. The van der Waals surface area contributed by atoms with Gasteiger partial charge in [0.2, 0.25) is 17.7 Å². The van der Waals surface area contributed by atoms with Crippen LogP contribution in [0, 0.1) is 0 Å². The second kappa shape index (κ2) is 7.41. The van der Waals surface area contributed by atoms with Crippen molar-refractivity contribution in [3.63, 3.8) is 0 Å². The van der Waals surface area contributed by atoms with E-state index >= 15 is 0 Å². The van der Waals surface area contributed by atoms with Gasteiger partial charge in [0.1, 0.15) is 6.10 Å². The van der Waals surface area contributed by atoms with Crippen molar-refractivity contribution < 1.29 is 14.3 Å². The molecule has 3 heterocycles. The zero-order valence-corrected chi connectivity index (χ0v) is 13.8. The Balaban J connectivity index is 1.58. The Kier molecular flexibility index (Phi) is 5.07. The molecule has 3 rings (SSSR count). The topological polar surface area (TPSA) is 64.6 Å². The molecular weight excluding hydrogens is 314 g/mol. The van der Waals surface area contributed by atoms with Gasteiger partial charge in [-0.05, 0) is 35.2 Å². The summed E-state index contributed by atoms with van der Waals surface area (Å²) in [5.41, 5.74) is 1.07. The van der Waals surface area contributed by atoms with Crippen LogP contribution in [-0.2, 0) is 11.2 Å². The van der Waals surface area contributed by atoms with Crippen LogP contribution in [0.1, 0.15) is 18.4 Å². The van der Waals surface area contributed by atoms with Gasteiger partial charge in [-0.1, -0.05) is 0 Å². The number of carbonyl (C=O) groups excluding carboxylic acids is 1. The van der Waals surface area contributed by atoms with Crippen LogP contribution in [0.4, 0.5) is 0 Å². The number of ether oxygens (including phenoxy) is 2. The SMILES string of the molecule is COc1cncc(O[C@@H]2CCCN(C(=O)Cc3ccsc3)C2)n1. The van der Waals surface area contributed by atoms with Crippen LogP contribution in [0.2, 0.25) is 0 Å². The van der Waals surface area contributed by atoms with Gasteiger partial charge in [0.15, 0.2) is 0 Å². The summed E-state index contributed by atoms with van der Waals surface area (Å²) < 4.78 is 10.9. The summed E-state index contributed by atoms with van der Waals surface area (Å²) in [6.45, 7) is 1.37. The number of carbonyl (C=O) groups is 1. The molecule has 23 heavy (non-hydrogen) atoms.